The number of benzene rings is 1. The van der Waals surface area contributed by atoms with Crippen molar-refractivity contribution in [2.75, 3.05) is 0 Å². The summed E-state index contributed by atoms with van der Waals surface area (Å²) in [5.41, 5.74) is 1.19. The number of carbonyl (C=O) groups is 1. The molecule has 1 rings (SSSR count). The first-order chi connectivity index (χ1) is 8.00. The Hall–Kier alpha value is -1.31. The van der Waals surface area contributed by atoms with Crippen LogP contribution in [0.5, 0.6) is 0 Å². The summed E-state index contributed by atoms with van der Waals surface area (Å²) in [6.45, 7) is 8.20. The van der Waals surface area contributed by atoms with E-state index in [0.29, 0.717) is 5.92 Å². The third-order valence-corrected chi connectivity index (χ3v) is 2.75. The molecule has 17 heavy (non-hydrogen) atoms. The van der Waals surface area contributed by atoms with E-state index in [1.165, 1.54) is 5.56 Å². The van der Waals surface area contributed by atoms with Crippen molar-refractivity contribution in [1.82, 2.24) is 5.32 Å². The predicted molar refractivity (Wildman–Crippen MR) is 71.6 cm³/mol. The highest BCUT2D eigenvalue weighted by atomic mass is 16.1. The molecule has 0 saturated carbocycles. The van der Waals surface area contributed by atoms with Crippen LogP contribution in [-0.2, 0) is 4.79 Å². The Morgan fingerprint density at radius 1 is 1.12 bits per heavy atom. The van der Waals surface area contributed by atoms with Crippen molar-refractivity contribution in [1.29, 1.82) is 0 Å². The average Bonchev–Trinajstić information content (AvgIpc) is 2.28. The van der Waals surface area contributed by atoms with E-state index in [0.717, 1.165) is 6.42 Å². The van der Waals surface area contributed by atoms with Crippen molar-refractivity contribution in [3.63, 3.8) is 0 Å². The van der Waals surface area contributed by atoms with E-state index >= 15 is 0 Å². The van der Waals surface area contributed by atoms with Gasteiger partial charge in [-0.05, 0) is 17.9 Å². The second-order valence-corrected chi connectivity index (χ2v) is 5.26. The van der Waals surface area contributed by atoms with Crippen molar-refractivity contribution in [2.24, 2.45) is 11.8 Å². The molecular formula is C15H23NO. The van der Waals surface area contributed by atoms with Crippen LogP contribution in [0.15, 0.2) is 30.3 Å². The van der Waals surface area contributed by atoms with Gasteiger partial charge in [0.2, 0.25) is 5.91 Å². The number of hydrogen-bond acceptors (Lipinski definition) is 1. The Morgan fingerprint density at radius 3 is 2.18 bits per heavy atom. The van der Waals surface area contributed by atoms with E-state index in [4.69, 9.17) is 0 Å². The zero-order valence-corrected chi connectivity index (χ0v) is 11.2. The average molecular weight is 233 g/mol. The molecule has 0 aliphatic heterocycles. The van der Waals surface area contributed by atoms with Crippen molar-refractivity contribution >= 4 is 5.91 Å². The van der Waals surface area contributed by atoms with Gasteiger partial charge in [-0.3, -0.25) is 4.79 Å². The smallest absolute Gasteiger partial charge is 0.223 e. The summed E-state index contributed by atoms with van der Waals surface area (Å²) >= 11 is 0. The molecule has 0 saturated heterocycles. The summed E-state index contributed by atoms with van der Waals surface area (Å²) in [5.74, 6) is 0.723. The minimum Gasteiger partial charge on any atom is -0.349 e. The summed E-state index contributed by atoms with van der Waals surface area (Å²) in [6.07, 6.45) is 0.975. The normalized spacial score (nSPS) is 12.8. The van der Waals surface area contributed by atoms with Gasteiger partial charge in [-0.1, -0.05) is 58.0 Å². The zero-order valence-electron chi connectivity index (χ0n) is 11.2. The van der Waals surface area contributed by atoms with Crippen LogP contribution in [-0.4, -0.2) is 5.91 Å². The van der Waals surface area contributed by atoms with Crippen molar-refractivity contribution in [3.05, 3.63) is 35.9 Å². The van der Waals surface area contributed by atoms with Crippen molar-refractivity contribution in [2.45, 2.75) is 40.2 Å². The van der Waals surface area contributed by atoms with Gasteiger partial charge in [0, 0.05) is 5.92 Å². The summed E-state index contributed by atoms with van der Waals surface area (Å²) in [5, 5.41) is 3.13. The molecular weight excluding hydrogens is 210 g/mol. The molecule has 0 radical (unpaired) electrons. The van der Waals surface area contributed by atoms with Crippen LogP contribution in [0.25, 0.3) is 0 Å². The van der Waals surface area contributed by atoms with Gasteiger partial charge >= 0.3 is 0 Å². The molecule has 0 heterocycles. The Balaban J connectivity index is 2.78. The van der Waals surface area contributed by atoms with Gasteiger partial charge in [0.15, 0.2) is 0 Å². The van der Waals surface area contributed by atoms with E-state index in [1.807, 2.05) is 32.0 Å². The minimum absolute atomic E-state index is 0.0355. The van der Waals surface area contributed by atoms with Gasteiger partial charge in [-0.2, -0.15) is 0 Å². The van der Waals surface area contributed by atoms with Crippen molar-refractivity contribution < 1.29 is 4.79 Å². The highest BCUT2D eigenvalue weighted by Crippen LogP contribution is 2.21. The molecule has 1 amide bonds. The van der Waals surface area contributed by atoms with E-state index in [9.17, 15) is 4.79 Å². The monoisotopic (exact) mass is 233 g/mol. The lowest BCUT2D eigenvalue weighted by Gasteiger charge is -2.22. The quantitative estimate of drug-likeness (QED) is 0.828. The summed E-state index contributed by atoms with van der Waals surface area (Å²) in [7, 11) is 0. The molecule has 2 nitrogen and oxygen atoms in total. The van der Waals surface area contributed by atoms with Crippen LogP contribution in [0.2, 0.25) is 0 Å². The maximum atomic E-state index is 11.8. The predicted octanol–water partition coefficient (Wildman–Crippen LogP) is 3.55. The van der Waals surface area contributed by atoms with Gasteiger partial charge in [-0.15, -0.1) is 0 Å². The minimum atomic E-state index is 0.0355. The van der Waals surface area contributed by atoms with Crippen LogP contribution in [0, 0.1) is 11.8 Å². The molecule has 1 aromatic carbocycles. The van der Waals surface area contributed by atoms with Crippen LogP contribution < -0.4 is 5.32 Å². The van der Waals surface area contributed by atoms with Crippen LogP contribution in [0.3, 0.4) is 0 Å². The van der Waals surface area contributed by atoms with Gasteiger partial charge < -0.3 is 5.32 Å². The summed E-state index contributed by atoms with van der Waals surface area (Å²) < 4.78 is 0. The maximum absolute atomic E-state index is 11.8. The molecule has 0 spiro atoms. The largest absolute Gasteiger partial charge is 0.349 e. The molecule has 0 aliphatic carbocycles. The van der Waals surface area contributed by atoms with Crippen molar-refractivity contribution in [3.8, 4) is 0 Å². The lowest BCUT2D eigenvalue weighted by Crippen LogP contribution is -2.32. The van der Waals surface area contributed by atoms with E-state index < -0.39 is 0 Å². The summed E-state index contributed by atoms with van der Waals surface area (Å²) in [6, 6.07) is 10.3. The number of nitrogens with one attached hydrogen (secondary N) is 1. The topological polar surface area (TPSA) is 29.1 Å². The number of amides is 1. The Bertz CT molecular complexity index is 343. The van der Waals surface area contributed by atoms with E-state index in [2.05, 4.69) is 31.3 Å². The molecule has 1 atom stereocenters. The second kappa shape index (κ2) is 6.43. The molecule has 1 aromatic rings. The molecule has 0 unspecified atom stereocenters. The lowest BCUT2D eigenvalue weighted by molar-refractivity contribution is -0.124. The SMILES string of the molecule is CC(C)C[C@@H](NC(=O)C(C)C)c1ccccc1. The van der Waals surface area contributed by atoms with Gasteiger partial charge in [0.25, 0.3) is 0 Å². The van der Waals surface area contributed by atoms with E-state index in [-0.39, 0.29) is 17.9 Å². The Kier molecular flexibility index (Phi) is 5.20. The number of rotatable bonds is 5. The third kappa shape index (κ3) is 4.59. The van der Waals surface area contributed by atoms with Gasteiger partial charge in [0.1, 0.15) is 0 Å². The highest BCUT2D eigenvalue weighted by molar-refractivity contribution is 5.78. The maximum Gasteiger partial charge on any atom is 0.223 e. The first-order valence-electron chi connectivity index (χ1n) is 6.36. The summed E-state index contributed by atoms with van der Waals surface area (Å²) in [4.78, 5) is 11.8. The number of hydrogen-bond donors (Lipinski definition) is 1. The molecule has 0 aliphatic rings. The molecule has 2 heteroatoms. The molecule has 0 aromatic heterocycles. The third-order valence-electron chi connectivity index (χ3n) is 2.75. The van der Waals surface area contributed by atoms with Crippen LogP contribution >= 0.6 is 0 Å². The van der Waals surface area contributed by atoms with Gasteiger partial charge in [-0.25, -0.2) is 0 Å². The fourth-order valence-corrected chi connectivity index (χ4v) is 1.77. The first kappa shape index (κ1) is 13.8. The zero-order chi connectivity index (χ0) is 12.8. The fourth-order valence-electron chi connectivity index (χ4n) is 1.77. The van der Waals surface area contributed by atoms with E-state index in [1.54, 1.807) is 0 Å². The molecule has 0 bridgehead atoms. The molecule has 0 fully saturated rings. The lowest BCUT2D eigenvalue weighted by atomic mass is 9.96. The van der Waals surface area contributed by atoms with Crippen LogP contribution in [0.1, 0.15) is 45.7 Å². The Labute approximate surface area is 104 Å². The second-order valence-electron chi connectivity index (χ2n) is 5.26. The Morgan fingerprint density at radius 2 is 1.71 bits per heavy atom. The van der Waals surface area contributed by atoms with Crippen LogP contribution in [0.4, 0.5) is 0 Å². The highest BCUT2D eigenvalue weighted by Gasteiger charge is 2.17. The molecule has 94 valence electrons. The number of carbonyl (C=O) groups excluding carboxylic acids is 1. The molecule has 1 N–H and O–H groups in total. The van der Waals surface area contributed by atoms with Gasteiger partial charge in [0.05, 0.1) is 6.04 Å². The fraction of sp³-hybridized carbons (Fsp3) is 0.533. The first-order valence-corrected chi connectivity index (χ1v) is 6.36. The standard InChI is InChI=1S/C15H23NO/c1-11(2)10-14(16-15(17)12(3)4)13-8-6-5-7-9-13/h5-9,11-12,14H,10H2,1-4H3,(H,16,17)/t14-/m1/s1.